The van der Waals surface area contributed by atoms with Gasteiger partial charge in [0.25, 0.3) is 5.56 Å². The van der Waals surface area contributed by atoms with Gasteiger partial charge in [-0.15, -0.1) is 0 Å². The van der Waals surface area contributed by atoms with E-state index in [9.17, 15) is 4.79 Å². The van der Waals surface area contributed by atoms with Gasteiger partial charge in [-0.25, -0.2) is 0 Å². The van der Waals surface area contributed by atoms with E-state index in [0.717, 1.165) is 17.0 Å². The molecule has 1 aromatic heterocycles. The molecule has 1 saturated carbocycles. The first-order valence-corrected chi connectivity index (χ1v) is 10.8. The van der Waals surface area contributed by atoms with Gasteiger partial charge in [0, 0.05) is 6.07 Å². The Morgan fingerprint density at radius 3 is 2.53 bits per heavy atom. The number of benzene rings is 2. The first-order valence-electron chi connectivity index (χ1n) is 10.8. The van der Waals surface area contributed by atoms with Crippen molar-refractivity contribution in [1.82, 2.24) is 9.55 Å². The smallest absolute Gasteiger partial charge is 0.300 e. The van der Waals surface area contributed by atoms with Crippen LogP contribution in [-0.2, 0) is 6.54 Å². The molecule has 1 aliphatic carbocycles. The molecule has 30 heavy (non-hydrogen) atoms. The van der Waals surface area contributed by atoms with Gasteiger partial charge in [0.15, 0.2) is 6.10 Å². The third-order valence-electron chi connectivity index (χ3n) is 6.11. The molecular weight excluding hydrogens is 376 g/mol. The Balaban J connectivity index is 1.25. The number of fused-ring (bicyclic) bond motifs is 1. The summed E-state index contributed by atoms with van der Waals surface area (Å²) in [5.41, 5.74) is 2.92. The van der Waals surface area contributed by atoms with Crippen molar-refractivity contribution >= 4 is 0 Å². The normalized spacial score (nSPS) is 18.6. The minimum atomic E-state index is -0.292. The van der Waals surface area contributed by atoms with Crippen molar-refractivity contribution in [3.05, 3.63) is 76.6 Å². The lowest BCUT2D eigenvalue weighted by Crippen LogP contribution is -2.23. The Bertz CT molecular complexity index is 1050. The molecule has 3 aromatic rings. The van der Waals surface area contributed by atoms with Crippen LogP contribution in [0.1, 0.15) is 43.6 Å². The summed E-state index contributed by atoms with van der Waals surface area (Å²) in [5, 5.41) is 0. The molecule has 1 aliphatic heterocycles. The van der Waals surface area contributed by atoms with E-state index in [4.69, 9.17) is 9.47 Å². The highest BCUT2D eigenvalue weighted by Crippen LogP contribution is 2.33. The molecule has 5 rings (SSSR count). The molecule has 1 atom stereocenters. The number of hydrogen-bond acceptors (Lipinski definition) is 4. The van der Waals surface area contributed by atoms with Crippen molar-refractivity contribution < 1.29 is 9.47 Å². The zero-order chi connectivity index (χ0) is 20.3. The molecule has 0 bridgehead atoms. The maximum Gasteiger partial charge on any atom is 0.300 e. The zero-order valence-corrected chi connectivity index (χ0v) is 17.0. The molecule has 2 aliphatic rings. The maximum absolute atomic E-state index is 12.0. The molecule has 2 heterocycles. The van der Waals surface area contributed by atoms with E-state index in [2.05, 4.69) is 29.2 Å². The fourth-order valence-corrected chi connectivity index (χ4v) is 4.54. The lowest BCUT2D eigenvalue weighted by molar-refractivity contribution is 0.143. The van der Waals surface area contributed by atoms with Gasteiger partial charge < -0.3 is 9.47 Å². The molecule has 1 fully saturated rings. The average molecular weight is 402 g/mol. The zero-order valence-electron chi connectivity index (χ0n) is 17.0. The number of nitrogens with zero attached hydrogens (tertiary/aromatic N) is 2. The maximum atomic E-state index is 12.0. The summed E-state index contributed by atoms with van der Waals surface area (Å²) in [6.45, 7) is 1.02. The van der Waals surface area contributed by atoms with Crippen LogP contribution in [0.4, 0.5) is 0 Å². The number of rotatable bonds is 5. The monoisotopic (exact) mass is 402 g/mol. The van der Waals surface area contributed by atoms with Crippen molar-refractivity contribution in [2.75, 3.05) is 6.61 Å². The van der Waals surface area contributed by atoms with Gasteiger partial charge in [0.2, 0.25) is 0 Å². The third-order valence-corrected chi connectivity index (χ3v) is 6.11. The quantitative estimate of drug-likeness (QED) is 0.615. The van der Waals surface area contributed by atoms with Crippen molar-refractivity contribution in [2.45, 2.75) is 50.7 Å². The van der Waals surface area contributed by atoms with Crippen LogP contribution in [0.25, 0.3) is 11.3 Å². The van der Waals surface area contributed by atoms with Gasteiger partial charge in [0.05, 0.1) is 12.2 Å². The Kier molecular flexibility index (Phi) is 5.26. The molecule has 5 nitrogen and oxygen atoms in total. The Labute approximate surface area is 176 Å². The Hall–Kier alpha value is -3.08. The molecule has 1 unspecified atom stereocenters. The van der Waals surface area contributed by atoms with Crippen molar-refractivity contribution in [1.29, 1.82) is 0 Å². The Morgan fingerprint density at radius 2 is 1.77 bits per heavy atom. The summed E-state index contributed by atoms with van der Waals surface area (Å²) in [6, 6.07) is 20.3. The summed E-state index contributed by atoms with van der Waals surface area (Å²) in [7, 11) is 0. The van der Waals surface area contributed by atoms with Crippen LogP contribution in [0.2, 0.25) is 0 Å². The molecule has 0 radical (unpaired) electrons. The summed E-state index contributed by atoms with van der Waals surface area (Å²) in [4.78, 5) is 16.1. The van der Waals surface area contributed by atoms with Crippen molar-refractivity contribution in [2.24, 2.45) is 0 Å². The van der Waals surface area contributed by atoms with Crippen LogP contribution in [0.3, 0.4) is 0 Å². The van der Waals surface area contributed by atoms with Crippen LogP contribution >= 0.6 is 0 Å². The number of ether oxygens (including phenoxy) is 2. The van der Waals surface area contributed by atoms with E-state index in [0.29, 0.717) is 25.1 Å². The van der Waals surface area contributed by atoms with E-state index in [1.54, 1.807) is 6.07 Å². The highest BCUT2D eigenvalue weighted by atomic mass is 16.6. The Morgan fingerprint density at radius 1 is 1.00 bits per heavy atom. The fraction of sp³-hybridized carbons (Fsp3) is 0.360. The van der Waals surface area contributed by atoms with Gasteiger partial charge in [-0.1, -0.05) is 61.7 Å². The lowest BCUT2D eigenvalue weighted by Gasteiger charge is -2.22. The first kappa shape index (κ1) is 18.9. The van der Waals surface area contributed by atoms with Gasteiger partial charge in [-0.3, -0.25) is 9.36 Å². The summed E-state index contributed by atoms with van der Waals surface area (Å²) < 4.78 is 13.9. The number of hydrogen-bond donors (Lipinski definition) is 0. The molecular formula is C25H26N2O3. The van der Waals surface area contributed by atoms with Crippen LogP contribution in [0, 0.1) is 0 Å². The summed E-state index contributed by atoms with van der Waals surface area (Å²) >= 11 is 0. The predicted octanol–water partition coefficient (Wildman–Crippen LogP) is 4.80. The minimum Gasteiger partial charge on any atom is -0.490 e. The fourth-order valence-electron chi connectivity index (χ4n) is 4.54. The molecule has 0 amide bonds. The first-order chi connectivity index (χ1) is 14.8. The van der Waals surface area contributed by atoms with Crippen molar-refractivity contribution in [3.63, 3.8) is 0 Å². The molecule has 0 N–H and O–H groups in total. The van der Waals surface area contributed by atoms with E-state index < -0.39 is 0 Å². The van der Waals surface area contributed by atoms with Gasteiger partial charge in [-0.2, -0.15) is 4.98 Å². The van der Waals surface area contributed by atoms with E-state index in [1.807, 2.05) is 34.9 Å². The van der Waals surface area contributed by atoms with Crippen LogP contribution < -0.4 is 15.0 Å². The molecule has 2 aromatic carbocycles. The average Bonchev–Trinajstić information content (AvgIpc) is 3.21. The topological polar surface area (TPSA) is 53.4 Å². The largest absolute Gasteiger partial charge is 0.490 e. The number of aromatic nitrogens is 2. The predicted molar refractivity (Wildman–Crippen MR) is 116 cm³/mol. The standard InChI is InChI=1S/C25H26N2O3/c28-24-15-23(20-9-5-2-6-10-20)27-16-22(30-25(27)26-24)17-29-21-13-11-19(12-14-21)18-7-3-1-4-8-18/h2,5-6,9-15,18,22H,1,3-4,7-8,16-17H2. The summed E-state index contributed by atoms with van der Waals surface area (Å²) in [6.07, 6.45) is 6.45. The second-order valence-corrected chi connectivity index (χ2v) is 8.19. The lowest BCUT2D eigenvalue weighted by atomic mass is 9.84. The third kappa shape index (κ3) is 3.97. The highest BCUT2D eigenvalue weighted by Gasteiger charge is 2.27. The SMILES string of the molecule is O=c1cc(-c2ccccc2)n2c(n1)OC(COc1ccc(C3CCCCC3)cc1)C2. The highest BCUT2D eigenvalue weighted by molar-refractivity contribution is 5.59. The van der Waals surface area contributed by atoms with E-state index >= 15 is 0 Å². The minimum absolute atomic E-state index is 0.181. The van der Waals surface area contributed by atoms with E-state index in [1.165, 1.54) is 37.7 Å². The molecule has 0 spiro atoms. The summed E-state index contributed by atoms with van der Waals surface area (Å²) in [5.74, 6) is 1.54. The van der Waals surface area contributed by atoms with E-state index in [-0.39, 0.29) is 11.7 Å². The van der Waals surface area contributed by atoms with Gasteiger partial charge in [-0.05, 0) is 42.0 Å². The van der Waals surface area contributed by atoms with Crippen LogP contribution in [0.5, 0.6) is 11.8 Å². The van der Waals surface area contributed by atoms with Gasteiger partial charge in [0.1, 0.15) is 12.4 Å². The molecule has 5 heteroatoms. The van der Waals surface area contributed by atoms with Crippen LogP contribution in [0.15, 0.2) is 65.5 Å². The second kappa shape index (κ2) is 8.34. The van der Waals surface area contributed by atoms with Gasteiger partial charge >= 0.3 is 6.01 Å². The molecule has 154 valence electrons. The second-order valence-electron chi connectivity index (χ2n) is 8.19. The van der Waals surface area contributed by atoms with Crippen LogP contribution in [-0.4, -0.2) is 22.3 Å². The molecule has 0 saturated heterocycles. The van der Waals surface area contributed by atoms with Crippen molar-refractivity contribution in [3.8, 4) is 23.0 Å².